The Kier molecular flexibility index (Phi) is 4.58. The molecular formula is C15H22N4O5S. The fourth-order valence-corrected chi connectivity index (χ4v) is 3.94. The number of aromatic carboxylic acids is 1. The van der Waals surface area contributed by atoms with Crippen LogP contribution in [-0.4, -0.2) is 58.9 Å². The van der Waals surface area contributed by atoms with E-state index in [0.717, 1.165) is 31.3 Å². The first kappa shape index (κ1) is 17.9. The molecule has 0 spiro atoms. The van der Waals surface area contributed by atoms with Gasteiger partial charge < -0.3 is 10.0 Å². The van der Waals surface area contributed by atoms with Crippen LogP contribution in [-0.2, 0) is 34.3 Å². The van der Waals surface area contributed by atoms with Gasteiger partial charge in [0.25, 0.3) is 0 Å². The number of amides is 1. The minimum absolute atomic E-state index is 0.0168. The van der Waals surface area contributed by atoms with E-state index in [-0.39, 0.29) is 18.1 Å². The van der Waals surface area contributed by atoms with E-state index in [0.29, 0.717) is 24.4 Å². The Bertz CT molecular complexity index is 812. The summed E-state index contributed by atoms with van der Waals surface area (Å²) in [4.78, 5) is 25.5. The van der Waals surface area contributed by atoms with Crippen LogP contribution < -0.4 is 4.72 Å². The molecule has 0 saturated heterocycles. The Hall–Kier alpha value is -1.94. The van der Waals surface area contributed by atoms with Gasteiger partial charge in [-0.25, -0.2) is 17.9 Å². The van der Waals surface area contributed by atoms with E-state index in [9.17, 15) is 23.1 Å². The lowest BCUT2D eigenvalue weighted by Gasteiger charge is -2.30. The lowest BCUT2D eigenvalue weighted by Crippen LogP contribution is -2.48. The molecular weight excluding hydrogens is 348 g/mol. The molecule has 1 aliphatic carbocycles. The van der Waals surface area contributed by atoms with E-state index < -0.39 is 22.0 Å². The fraction of sp³-hybridized carbons (Fsp3) is 0.667. The van der Waals surface area contributed by atoms with Crippen molar-refractivity contribution in [1.29, 1.82) is 0 Å². The number of rotatable bonds is 6. The first-order valence-electron chi connectivity index (χ1n) is 8.23. The number of carbonyl (C=O) groups excluding carboxylic acids is 1. The number of carbonyl (C=O) groups is 2. The molecule has 9 nitrogen and oxygen atoms in total. The van der Waals surface area contributed by atoms with E-state index in [2.05, 4.69) is 9.82 Å². The van der Waals surface area contributed by atoms with Crippen LogP contribution in [0.15, 0.2) is 0 Å². The molecule has 0 radical (unpaired) electrons. The number of nitrogens with one attached hydrogen (secondary N) is 1. The fourth-order valence-electron chi connectivity index (χ4n) is 3.19. The van der Waals surface area contributed by atoms with Crippen LogP contribution in [0, 0.1) is 5.92 Å². The highest BCUT2D eigenvalue weighted by molar-refractivity contribution is 7.88. The smallest absolute Gasteiger partial charge is 0.356 e. The van der Waals surface area contributed by atoms with Crippen molar-refractivity contribution in [2.75, 3.05) is 12.8 Å². The number of fused-ring (bicyclic) bond motifs is 1. The molecule has 3 rings (SSSR count). The van der Waals surface area contributed by atoms with Gasteiger partial charge in [-0.15, -0.1) is 0 Å². The second-order valence-corrected chi connectivity index (χ2v) is 8.61. The van der Waals surface area contributed by atoms with Crippen LogP contribution in [0.1, 0.15) is 41.5 Å². The van der Waals surface area contributed by atoms with Gasteiger partial charge in [-0.05, 0) is 25.7 Å². The molecule has 2 heterocycles. The van der Waals surface area contributed by atoms with Gasteiger partial charge >= 0.3 is 5.97 Å². The maximum absolute atomic E-state index is 12.5. The van der Waals surface area contributed by atoms with Crippen LogP contribution >= 0.6 is 0 Å². The van der Waals surface area contributed by atoms with Gasteiger partial charge in [-0.1, -0.05) is 0 Å². The first-order chi connectivity index (χ1) is 11.7. The van der Waals surface area contributed by atoms with Crippen molar-refractivity contribution in [3.8, 4) is 0 Å². The third-order valence-corrected chi connectivity index (χ3v) is 5.32. The molecule has 2 aliphatic rings. The highest BCUT2D eigenvalue weighted by atomic mass is 32.2. The van der Waals surface area contributed by atoms with Crippen LogP contribution in [0.25, 0.3) is 0 Å². The summed E-state index contributed by atoms with van der Waals surface area (Å²) in [6.45, 7) is 2.75. The molecule has 138 valence electrons. The van der Waals surface area contributed by atoms with Gasteiger partial charge in [-0.3, -0.25) is 9.48 Å². The number of hydrogen-bond acceptors (Lipinski definition) is 5. The Labute approximate surface area is 146 Å². The minimum atomic E-state index is -3.50. The molecule has 2 N–H and O–H groups in total. The van der Waals surface area contributed by atoms with Crippen molar-refractivity contribution < 1.29 is 23.1 Å². The number of hydrogen-bond donors (Lipinski definition) is 2. The average molecular weight is 370 g/mol. The van der Waals surface area contributed by atoms with Crippen molar-refractivity contribution in [3.63, 3.8) is 0 Å². The Morgan fingerprint density at radius 3 is 2.64 bits per heavy atom. The zero-order valence-electron chi connectivity index (χ0n) is 14.2. The predicted molar refractivity (Wildman–Crippen MR) is 88.5 cm³/mol. The third kappa shape index (κ3) is 4.01. The molecule has 10 heteroatoms. The number of sulfonamides is 1. The molecule has 1 fully saturated rings. The van der Waals surface area contributed by atoms with Gasteiger partial charge in [0.1, 0.15) is 0 Å². The summed E-state index contributed by atoms with van der Waals surface area (Å²) in [7, 11) is -3.50. The van der Waals surface area contributed by atoms with E-state index in [1.807, 2.05) is 0 Å². The molecule has 0 bridgehead atoms. The molecule has 1 unspecified atom stereocenters. The van der Waals surface area contributed by atoms with E-state index >= 15 is 0 Å². The van der Waals surface area contributed by atoms with E-state index in [1.165, 1.54) is 11.8 Å². The second kappa shape index (κ2) is 6.41. The molecule has 1 amide bonds. The van der Waals surface area contributed by atoms with E-state index in [1.54, 1.807) is 4.68 Å². The van der Waals surface area contributed by atoms with Gasteiger partial charge in [0.05, 0.1) is 12.3 Å². The minimum Gasteiger partial charge on any atom is -0.476 e. The predicted octanol–water partition coefficient (Wildman–Crippen LogP) is -0.186. The van der Waals surface area contributed by atoms with Gasteiger partial charge in [-0.2, -0.15) is 5.10 Å². The maximum Gasteiger partial charge on any atom is 0.356 e. The lowest BCUT2D eigenvalue weighted by atomic mass is 10.0. The van der Waals surface area contributed by atoms with Gasteiger partial charge in [0, 0.05) is 37.3 Å². The van der Waals surface area contributed by atoms with Crippen LogP contribution in [0.4, 0.5) is 0 Å². The molecule has 0 aromatic carbocycles. The second-order valence-electron chi connectivity index (χ2n) is 6.83. The number of nitrogens with zero attached hydrogens (tertiary/aromatic N) is 3. The van der Waals surface area contributed by atoms with Crippen molar-refractivity contribution in [2.45, 2.75) is 45.3 Å². The van der Waals surface area contributed by atoms with Crippen LogP contribution in [0.3, 0.4) is 0 Å². The Morgan fingerprint density at radius 1 is 1.40 bits per heavy atom. The number of carboxylic acid groups (broad SMARTS) is 1. The maximum atomic E-state index is 12.5. The summed E-state index contributed by atoms with van der Waals surface area (Å²) in [5.74, 6) is -0.922. The summed E-state index contributed by atoms with van der Waals surface area (Å²) in [5.41, 5.74) is 1.41. The van der Waals surface area contributed by atoms with Crippen LogP contribution in [0.2, 0.25) is 0 Å². The van der Waals surface area contributed by atoms with Gasteiger partial charge in [0.2, 0.25) is 15.9 Å². The molecule has 1 aromatic rings. The lowest BCUT2D eigenvalue weighted by molar-refractivity contribution is -0.133. The number of carboxylic acids is 1. The monoisotopic (exact) mass is 370 g/mol. The third-order valence-electron chi connectivity index (χ3n) is 4.54. The quantitative estimate of drug-likeness (QED) is 0.716. The average Bonchev–Trinajstić information content (AvgIpc) is 3.25. The SMILES string of the molecule is CC(NS(C)(=O)=O)C(=O)N1CCc2c(c(C(=O)O)nn2CC2CC2)C1. The Balaban J connectivity index is 1.81. The highest BCUT2D eigenvalue weighted by Crippen LogP contribution is 2.32. The van der Waals surface area contributed by atoms with Gasteiger partial charge in [0.15, 0.2) is 5.69 Å². The normalized spacial score (nSPS) is 18.7. The molecule has 1 atom stereocenters. The van der Waals surface area contributed by atoms with Crippen molar-refractivity contribution in [1.82, 2.24) is 19.4 Å². The molecule has 1 aliphatic heterocycles. The van der Waals surface area contributed by atoms with E-state index in [4.69, 9.17) is 0 Å². The zero-order valence-corrected chi connectivity index (χ0v) is 15.0. The summed E-state index contributed by atoms with van der Waals surface area (Å²) in [6.07, 6.45) is 3.78. The molecule has 1 saturated carbocycles. The first-order valence-corrected chi connectivity index (χ1v) is 10.1. The summed E-state index contributed by atoms with van der Waals surface area (Å²) < 4.78 is 26.7. The van der Waals surface area contributed by atoms with Crippen molar-refractivity contribution in [3.05, 3.63) is 17.0 Å². The molecule has 1 aromatic heterocycles. The summed E-state index contributed by atoms with van der Waals surface area (Å²) in [6, 6.07) is -0.897. The van der Waals surface area contributed by atoms with Crippen molar-refractivity contribution >= 4 is 21.9 Å². The standard InChI is InChI=1S/C15H22N4O5S/c1-9(17-25(2,23)24)14(20)18-6-5-12-11(8-18)13(15(21)22)16-19(12)7-10-3-4-10/h9-10,17H,3-8H2,1-2H3,(H,21,22). The summed E-state index contributed by atoms with van der Waals surface area (Å²) >= 11 is 0. The van der Waals surface area contributed by atoms with Crippen LogP contribution in [0.5, 0.6) is 0 Å². The molecule has 25 heavy (non-hydrogen) atoms. The number of aromatic nitrogens is 2. The van der Waals surface area contributed by atoms with Crippen molar-refractivity contribution in [2.24, 2.45) is 5.92 Å². The Morgan fingerprint density at radius 2 is 2.08 bits per heavy atom. The summed E-state index contributed by atoms with van der Waals surface area (Å²) in [5, 5.41) is 13.7. The topological polar surface area (TPSA) is 122 Å². The highest BCUT2D eigenvalue weighted by Gasteiger charge is 2.33. The largest absolute Gasteiger partial charge is 0.476 e. The zero-order chi connectivity index (χ0) is 18.4.